The second-order valence-corrected chi connectivity index (χ2v) is 5.59. The molecule has 1 saturated heterocycles. The fourth-order valence-electron chi connectivity index (χ4n) is 2.59. The van der Waals surface area contributed by atoms with Crippen LogP contribution in [0, 0.1) is 0 Å². The molecule has 0 radical (unpaired) electrons. The van der Waals surface area contributed by atoms with E-state index in [4.69, 9.17) is 9.47 Å². The van der Waals surface area contributed by atoms with Gasteiger partial charge in [0, 0.05) is 25.2 Å². The lowest BCUT2D eigenvalue weighted by Crippen LogP contribution is -2.53. The SMILES string of the molecule is CCCCOc1c(CN2CCNC(=O)[C@H]2C)cccc1OC. The third-order valence-electron chi connectivity index (χ3n) is 4.02. The summed E-state index contributed by atoms with van der Waals surface area (Å²) in [6, 6.07) is 5.80. The third-order valence-corrected chi connectivity index (χ3v) is 4.02. The van der Waals surface area contributed by atoms with Crippen LogP contribution in [-0.2, 0) is 11.3 Å². The maximum Gasteiger partial charge on any atom is 0.237 e. The lowest BCUT2D eigenvalue weighted by Gasteiger charge is -2.33. The smallest absolute Gasteiger partial charge is 0.237 e. The first-order chi connectivity index (χ1) is 10.7. The van der Waals surface area contributed by atoms with Crippen LogP contribution in [0.15, 0.2) is 18.2 Å². The fraction of sp³-hybridized carbons (Fsp3) is 0.588. The highest BCUT2D eigenvalue weighted by atomic mass is 16.5. The summed E-state index contributed by atoms with van der Waals surface area (Å²) in [4.78, 5) is 14.0. The first-order valence-corrected chi connectivity index (χ1v) is 7.97. The van der Waals surface area contributed by atoms with Crippen LogP contribution in [0.3, 0.4) is 0 Å². The Morgan fingerprint density at radius 3 is 2.95 bits per heavy atom. The molecule has 2 rings (SSSR count). The normalized spacial score (nSPS) is 18.9. The van der Waals surface area contributed by atoms with Crippen LogP contribution < -0.4 is 14.8 Å². The van der Waals surface area contributed by atoms with Crippen LogP contribution in [0.4, 0.5) is 0 Å². The van der Waals surface area contributed by atoms with Gasteiger partial charge in [0.15, 0.2) is 11.5 Å². The van der Waals surface area contributed by atoms with Crippen molar-refractivity contribution in [2.24, 2.45) is 0 Å². The molecule has 1 aromatic carbocycles. The number of piperazine rings is 1. The zero-order valence-corrected chi connectivity index (χ0v) is 13.7. The Hall–Kier alpha value is -1.75. The van der Waals surface area contributed by atoms with Crippen molar-refractivity contribution in [1.29, 1.82) is 0 Å². The van der Waals surface area contributed by atoms with Crippen molar-refractivity contribution >= 4 is 5.91 Å². The molecule has 0 spiro atoms. The minimum Gasteiger partial charge on any atom is -0.493 e. The van der Waals surface area contributed by atoms with Gasteiger partial charge in [-0.15, -0.1) is 0 Å². The van der Waals surface area contributed by atoms with E-state index in [9.17, 15) is 4.79 Å². The molecule has 1 N–H and O–H groups in total. The summed E-state index contributed by atoms with van der Waals surface area (Å²) in [5, 5.41) is 2.89. The van der Waals surface area contributed by atoms with Gasteiger partial charge in [0.1, 0.15) is 0 Å². The van der Waals surface area contributed by atoms with Gasteiger partial charge in [-0.2, -0.15) is 0 Å². The van der Waals surface area contributed by atoms with Gasteiger partial charge in [-0.05, 0) is 19.4 Å². The molecular formula is C17H26N2O3. The number of carbonyl (C=O) groups excluding carboxylic acids is 1. The zero-order valence-electron chi connectivity index (χ0n) is 13.7. The van der Waals surface area contributed by atoms with Crippen molar-refractivity contribution in [1.82, 2.24) is 10.2 Å². The topological polar surface area (TPSA) is 50.8 Å². The van der Waals surface area contributed by atoms with Crippen molar-refractivity contribution in [3.63, 3.8) is 0 Å². The second-order valence-electron chi connectivity index (χ2n) is 5.59. The average Bonchev–Trinajstić information content (AvgIpc) is 2.53. The van der Waals surface area contributed by atoms with Gasteiger partial charge in [-0.1, -0.05) is 25.5 Å². The predicted molar refractivity (Wildman–Crippen MR) is 86.3 cm³/mol. The van der Waals surface area contributed by atoms with Crippen LogP contribution in [0.5, 0.6) is 11.5 Å². The molecule has 0 bridgehead atoms. The van der Waals surface area contributed by atoms with Gasteiger partial charge in [-0.25, -0.2) is 0 Å². The highest BCUT2D eigenvalue weighted by Crippen LogP contribution is 2.32. The maximum absolute atomic E-state index is 11.8. The van der Waals surface area contributed by atoms with E-state index in [0.717, 1.165) is 36.4 Å². The van der Waals surface area contributed by atoms with Gasteiger partial charge in [-0.3, -0.25) is 9.69 Å². The quantitative estimate of drug-likeness (QED) is 0.785. The number of benzene rings is 1. The summed E-state index contributed by atoms with van der Waals surface area (Å²) >= 11 is 0. The van der Waals surface area contributed by atoms with Crippen molar-refractivity contribution in [2.45, 2.75) is 39.3 Å². The molecule has 1 aliphatic heterocycles. The van der Waals surface area contributed by atoms with Crippen molar-refractivity contribution in [3.05, 3.63) is 23.8 Å². The summed E-state index contributed by atoms with van der Waals surface area (Å²) in [5.74, 6) is 1.64. The van der Waals surface area contributed by atoms with Crippen LogP contribution in [0.1, 0.15) is 32.3 Å². The number of ether oxygens (including phenoxy) is 2. The van der Waals surface area contributed by atoms with Crippen molar-refractivity contribution < 1.29 is 14.3 Å². The Morgan fingerprint density at radius 1 is 1.41 bits per heavy atom. The number of hydrogen-bond donors (Lipinski definition) is 1. The third kappa shape index (κ3) is 3.91. The first-order valence-electron chi connectivity index (χ1n) is 7.97. The summed E-state index contributed by atoms with van der Waals surface area (Å²) in [7, 11) is 1.66. The summed E-state index contributed by atoms with van der Waals surface area (Å²) < 4.78 is 11.4. The molecule has 122 valence electrons. The maximum atomic E-state index is 11.8. The molecule has 0 aliphatic carbocycles. The van der Waals surface area contributed by atoms with E-state index in [0.29, 0.717) is 19.7 Å². The largest absolute Gasteiger partial charge is 0.493 e. The van der Waals surface area contributed by atoms with E-state index in [1.807, 2.05) is 25.1 Å². The number of hydrogen-bond acceptors (Lipinski definition) is 4. The Bertz CT molecular complexity index is 505. The average molecular weight is 306 g/mol. The monoisotopic (exact) mass is 306 g/mol. The van der Waals surface area contributed by atoms with E-state index in [-0.39, 0.29) is 11.9 Å². The Balaban J connectivity index is 2.16. The minimum absolute atomic E-state index is 0.0857. The molecule has 1 fully saturated rings. The molecule has 0 saturated carbocycles. The van der Waals surface area contributed by atoms with E-state index in [1.165, 1.54) is 0 Å². The number of unbranched alkanes of at least 4 members (excludes halogenated alkanes) is 1. The van der Waals surface area contributed by atoms with Gasteiger partial charge in [0.2, 0.25) is 5.91 Å². The summed E-state index contributed by atoms with van der Waals surface area (Å²) in [5.41, 5.74) is 1.07. The Morgan fingerprint density at radius 2 is 2.23 bits per heavy atom. The number of para-hydroxylation sites is 1. The number of methoxy groups -OCH3 is 1. The van der Waals surface area contributed by atoms with Gasteiger partial charge < -0.3 is 14.8 Å². The molecule has 22 heavy (non-hydrogen) atoms. The van der Waals surface area contributed by atoms with E-state index < -0.39 is 0 Å². The summed E-state index contributed by atoms with van der Waals surface area (Å²) in [6.07, 6.45) is 2.10. The number of amides is 1. The lowest BCUT2D eigenvalue weighted by atomic mass is 10.1. The molecule has 1 aliphatic rings. The van der Waals surface area contributed by atoms with E-state index in [1.54, 1.807) is 7.11 Å². The van der Waals surface area contributed by atoms with E-state index >= 15 is 0 Å². The molecule has 1 atom stereocenters. The standard InChI is InChI=1S/C17H26N2O3/c1-4-5-11-22-16-14(7-6-8-15(16)21-3)12-19-10-9-18-17(20)13(19)2/h6-8,13H,4-5,9-12H2,1-3H3,(H,18,20)/t13-/m1/s1. The van der Waals surface area contributed by atoms with Crippen LogP contribution in [0.25, 0.3) is 0 Å². The molecule has 0 unspecified atom stereocenters. The second kappa shape index (κ2) is 8.03. The first kappa shape index (κ1) is 16.6. The fourth-order valence-corrected chi connectivity index (χ4v) is 2.59. The number of carbonyl (C=O) groups is 1. The number of rotatable bonds is 7. The van der Waals surface area contributed by atoms with Gasteiger partial charge >= 0.3 is 0 Å². The minimum atomic E-state index is -0.122. The molecule has 5 heteroatoms. The lowest BCUT2D eigenvalue weighted by molar-refractivity contribution is -0.128. The number of nitrogens with one attached hydrogen (secondary N) is 1. The van der Waals surface area contributed by atoms with Crippen molar-refractivity contribution in [3.8, 4) is 11.5 Å². The predicted octanol–water partition coefficient (Wildman–Crippen LogP) is 2.19. The Labute approximate surface area is 132 Å². The van der Waals surface area contributed by atoms with Crippen LogP contribution >= 0.6 is 0 Å². The molecule has 1 amide bonds. The molecule has 1 aromatic rings. The molecular weight excluding hydrogens is 280 g/mol. The van der Waals surface area contributed by atoms with E-state index in [2.05, 4.69) is 17.1 Å². The molecule has 1 heterocycles. The van der Waals surface area contributed by atoms with Crippen LogP contribution in [0.2, 0.25) is 0 Å². The molecule has 0 aromatic heterocycles. The highest BCUT2D eigenvalue weighted by molar-refractivity contribution is 5.82. The molecule has 5 nitrogen and oxygen atoms in total. The number of nitrogens with zero attached hydrogens (tertiary/aromatic N) is 1. The van der Waals surface area contributed by atoms with Gasteiger partial charge in [0.05, 0.1) is 19.8 Å². The van der Waals surface area contributed by atoms with Gasteiger partial charge in [0.25, 0.3) is 0 Å². The highest BCUT2D eigenvalue weighted by Gasteiger charge is 2.26. The summed E-state index contributed by atoms with van der Waals surface area (Å²) in [6.45, 7) is 6.98. The van der Waals surface area contributed by atoms with Crippen molar-refractivity contribution in [2.75, 3.05) is 26.8 Å². The zero-order chi connectivity index (χ0) is 15.9. The van der Waals surface area contributed by atoms with Crippen LogP contribution in [-0.4, -0.2) is 43.7 Å². The Kier molecular flexibility index (Phi) is 6.07.